The molecule has 0 atom stereocenters. The lowest BCUT2D eigenvalue weighted by molar-refractivity contribution is 0.934. The molecule has 1 aliphatic rings. The summed E-state index contributed by atoms with van der Waals surface area (Å²) in [5.74, 6) is 0.790. The van der Waals surface area contributed by atoms with Crippen molar-refractivity contribution in [2.24, 2.45) is 0 Å². The first kappa shape index (κ1) is 11.6. The Kier molecular flexibility index (Phi) is 3.07. The predicted octanol–water partition coefficient (Wildman–Crippen LogP) is 2.01. The van der Waals surface area contributed by atoms with Crippen molar-refractivity contribution in [3.63, 3.8) is 0 Å². The Morgan fingerprint density at radius 3 is 2.74 bits per heavy atom. The van der Waals surface area contributed by atoms with Crippen LogP contribution < -0.4 is 4.90 Å². The van der Waals surface area contributed by atoms with Gasteiger partial charge in [0.05, 0.1) is 11.3 Å². The molecule has 0 radical (unpaired) electrons. The number of pyridine rings is 1. The third-order valence-corrected chi connectivity index (χ3v) is 3.27. The molecule has 3 heterocycles. The van der Waals surface area contributed by atoms with E-state index in [1.165, 1.54) is 19.2 Å². The molecule has 5 nitrogen and oxygen atoms in total. The Morgan fingerprint density at radius 1 is 1.21 bits per heavy atom. The Morgan fingerprint density at radius 2 is 2.05 bits per heavy atom. The molecule has 0 aromatic carbocycles. The molecule has 1 aliphatic heterocycles. The molecule has 2 aromatic rings. The van der Waals surface area contributed by atoms with E-state index in [1.54, 1.807) is 12.4 Å². The van der Waals surface area contributed by atoms with Crippen molar-refractivity contribution in [1.82, 2.24) is 15.0 Å². The van der Waals surface area contributed by atoms with Crippen LogP contribution >= 0.6 is 0 Å². The number of rotatable bonds is 2. The van der Waals surface area contributed by atoms with E-state index in [2.05, 4.69) is 25.9 Å². The molecule has 0 N–H and O–H groups in total. The van der Waals surface area contributed by atoms with Crippen molar-refractivity contribution >= 4 is 5.82 Å². The predicted molar refractivity (Wildman–Crippen MR) is 71.4 cm³/mol. The van der Waals surface area contributed by atoms with Crippen LogP contribution in [0.4, 0.5) is 5.82 Å². The summed E-state index contributed by atoms with van der Waals surface area (Å²) < 4.78 is 0. The molecule has 94 valence electrons. The third kappa shape index (κ3) is 2.25. The van der Waals surface area contributed by atoms with Crippen LogP contribution in [0.5, 0.6) is 0 Å². The fourth-order valence-electron chi connectivity index (χ4n) is 2.32. The van der Waals surface area contributed by atoms with Crippen LogP contribution in [0.3, 0.4) is 0 Å². The van der Waals surface area contributed by atoms with Crippen molar-refractivity contribution in [2.75, 3.05) is 18.0 Å². The van der Waals surface area contributed by atoms with Gasteiger partial charge in [0.25, 0.3) is 0 Å². The van der Waals surface area contributed by atoms with Crippen molar-refractivity contribution < 1.29 is 0 Å². The number of nitrogens with zero attached hydrogens (tertiary/aromatic N) is 5. The Bertz CT molecular complexity index is 611. The minimum Gasteiger partial charge on any atom is -0.356 e. The quantitative estimate of drug-likeness (QED) is 0.816. The number of hydrogen-bond acceptors (Lipinski definition) is 5. The lowest BCUT2D eigenvalue weighted by atomic mass is 10.1. The van der Waals surface area contributed by atoms with Gasteiger partial charge in [-0.25, -0.2) is 15.0 Å². The molecule has 3 rings (SSSR count). The summed E-state index contributed by atoms with van der Waals surface area (Å²) in [6, 6.07) is 5.90. The van der Waals surface area contributed by atoms with Crippen LogP contribution in [0.15, 0.2) is 30.9 Å². The van der Waals surface area contributed by atoms with E-state index >= 15 is 0 Å². The molecule has 0 amide bonds. The Balaban J connectivity index is 2.00. The lowest BCUT2D eigenvalue weighted by Gasteiger charge is -2.17. The van der Waals surface area contributed by atoms with Gasteiger partial charge in [-0.15, -0.1) is 0 Å². The molecule has 0 bridgehead atoms. The topological polar surface area (TPSA) is 65.7 Å². The highest BCUT2D eigenvalue weighted by Gasteiger charge is 2.17. The summed E-state index contributed by atoms with van der Waals surface area (Å²) in [7, 11) is 0. The lowest BCUT2D eigenvalue weighted by Crippen LogP contribution is -2.20. The average molecular weight is 251 g/mol. The average Bonchev–Trinajstić information content (AvgIpc) is 3.01. The van der Waals surface area contributed by atoms with Gasteiger partial charge in [0.15, 0.2) is 0 Å². The first-order valence-corrected chi connectivity index (χ1v) is 6.30. The maximum absolute atomic E-state index is 9.30. The molecule has 5 heteroatoms. The molecule has 0 unspecified atom stereocenters. The van der Waals surface area contributed by atoms with Gasteiger partial charge in [-0.3, -0.25) is 0 Å². The molecular weight excluding hydrogens is 238 g/mol. The first-order valence-electron chi connectivity index (χ1n) is 6.30. The van der Waals surface area contributed by atoms with E-state index in [0.717, 1.165) is 30.2 Å². The summed E-state index contributed by atoms with van der Waals surface area (Å²) in [6.07, 6.45) is 7.29. The van der Waals surface area contributed by atoms with Gasteiger partial charge in [0, 0.05) is 31.0 Å². The largest absolute Gasteiger partial charge is 0.356 e. The summed E-state index contributed by atoms with van der Waals surface area (Å²) in [4.78, 5) is 14.7. The minimum atomic E-state index is 0.609. The second-order valence-corrected chi connectivity index (χ2v) is 4.50. The maximum atomic E-state index is 9.30. The highest BCUT2D eigenvalue weighted by Crippen LogP contribution is 2.25. The summed E-state index contributed by atoms with van der Waals surface area (Å²) in [5, 5.41) is 9.30. The smallest absolute Gasteiger partial charge is 0.146 e. The molecule has 19 heavy (non-hydrogen) atoms. The zero-order valence-electron chi connectivity index (χ0n) is 10.5. The normalized spacial score (nSPS) is 14.4. The number of nitriles is 1. The van der Waals surface area contributed by atoms with Crippen LogP contribution in [0, 0.1) is 11.3 Å². The van der Waals surface area contributed by atoms with Crippen molar-refractivity contribution in [1.29, 1.82) is 5.26 Å². The van der Waals surface area contributed by atoms with Crippen LogP contribution in [0.2, 0.25) is 0 Å². The highest BCUT2D eigenvalue weighted by molar-refractivity contribution is 5.65. The van der Waals surface area contributed by atoms with Crippen LogP contribution in [-0.4, -0.2) is 28.0 Å². The zero-order valence-corrected chi connectivity index (χ0v) is 10.5. The monoisotopic (exact) mass is 251 g/mol. The first-order chi connectivity index (χ1) is 9.38. The molecule has 1 saturated heterocycles. The van der Waals surface area contributed by atoms with E-state index in [4.69, 9.17) is 0 Å². The molecule has 0 aliphatic carbocycles. The number of hydrogen-bond donors (Lipinski definition) is 0. The van der Waals surface area contributed by atoms with Crippen LogP contribution in [0.1, 0.15) is 18.4 Å². The second kappa shape index (κ2) is 5.02. The third-order valence-electron chi connectivity index (χ3n) is 3.27. The van der Waals surface area contributed by atoms with Gasteiger partial charge < -0.3 is 4.90 Å². The SMILES string of the molecule is N#Cc1cc(-c2ccncn2)cnc1N1CCCC1. The van der Waals surface area contributed by atoms with Gasteiger partial charge in [-0.1, -0.05) is 0 Å². The van der Waals surface area contributed by atoms with E-state index in [-0.39, 0.29) is 0 Å². The fraction of sp³-hybridized carbons (Fsp3) is 0.286. The molecule has 0 saturated carbocycles. The van der Waals surface area contributed by atoms with Gasteiger partial charge in [0.1, 0.15) is 18.2 Å². The molecule has 2 aromatic heterocycles. The highest BCUT2D eigenvalue weighted by atomic mass is 15.2. The molecular formula is C14H13N5. The zero-order chi connectivity index (χ0) is 13.1. The number of aromatic nitrogens is 3. The fourth-order valence-corrected chi connectivity index (χ4v) is 2.32. The summed E-state index contributed by atoms with van der Waals surface area (Å²) >= 11 is 0. The van der Waals surface area contributed by atoms with E-state index in [1.807, 2.05) is 12.1 Å². The van der Waals surface area contributed by atoms with E-state index < -0.39 is 0 Å². The standard InChI is InChI=1S/C14H13N5/c15-8-11-7-12(13-3-4-16-10-18-13)9-17-14(11)19-5-1-2-6-19/h3-4,7,9-10H,1-2,5-6H2. The molecule has 1 fully saturated rings. The van der Waals surface area contributed by atoms with Crippen LogP contribution in [0.25, 0.3) is 11.3 Å². The summed E-state index contributed by atoms with van der Waals surface area (Å²) in [6.45, 7) is 1.96. The maximum Gasteiger partial charge on any atom is 0.146 e. The van der Waals surface area contributed by atoms with E-state index in [9.17, 15) is 5.26 Å². The van der Waals surface area contributed by atoms with Crippen molar-refractivity contribution in [3.8, 4) is 17.3 Å². The van der Waals surface area contributed by atoms with Gasteiger partial charge in [-0.2, -0.15) is 5.26 Å². The number of anilines is 1. The minimum absolute atomic E-state index is 0.609. The Hall–Kier alpha value is -2.48. The van der Waals surface area contributed by atoms with Crippen LogP contribution in [-0.2, 0) is 0 Å². The van der Waals surface area contributed by atoms with E-state index in [0.29, 0.717) is 5.56 Å². The van der Waals surface area contributed by atoms with Crippen molar-refractivity contribution in [3.05, 3.63) is 36.4 Å². The second-order valence-electron chi connectivity index (χ2n) is 4.50. The molecule has 0 spiro atoms. The Labute approximate surface area is 111 Å². The van der Waals surface area contributed by atoms with Gasteiger partial charge in [-0.05, 0) is 25.0 Å². The van der Waals surface area contributed by atoms with Crippen molar-refractivity contribution in [2.45, 2.75) is 12.8 Å². The van der Waals surface area contributed by atoms with Gasteiger partial charge >= 0.3 is 0 Å². The van der Waals surface area contributed by atoms with Gasteiger partial charge in [0.2, 0.25) is 0 Å². The summed E-state index contributed by atoms with van der Waals surface area (Å²) in [5.41, 5.74) is 2.24.